The van der Waals surface area contributed by atoms with Crippen LogP contribution in [0.1, 0.15) is 31.1 Å². The van der Waals surface area contributed by atoms with Crippen molar-refractivity contribution in [1.82, 2.24) is 4.72 Å². The lowest BCUT2D eigenvalue weighted by Crippen LogP contribution is -2.37. The first-order valence-corrected chi connectivity index (χ1v) is 6.37. The van der Waals surface area contributed by atoms with Crippen molar-refractivity contribution in [3.63, 3.8) is 0 Å². The van der Waals surface area contributed by atoms with Crippen LogP contribution < -0.4 is 9.46 Å². The Bertz CT molecular complexity index is 438. The number of carbonyl (C=O) groups is 1. The molecule has 0 saturated heterocycles. The van der Waals surface area contributed by atoms with Crippen molar-refractivity contribution in [3.05, 3.63) is 29.8 Å². The Hall–Kier alpha value is -1.36. The lowest BCUT2D eigenvalue weighted by molar-refractivity contribution is 0.0979. The van der Waals surface area contributed by atoms with E-state index in [1.54, 1.807) is 45.0 Å². The molecule has 4 nitrogen and oxygen atoms in total. The van der Waals surface area contributed by atoms with Crippen LogP contribution in [0.4, 0.5) is 0 Å². The fourth-order valence-electron chi connectivity index (χ4n) is 1.12. The number of benzene rings is 1. The maximum Gasteiger partial charge on any atom is 0.266 e. The standard InChI is InChI=1S/C12H17NO3S/c1-12(2,3)17(15)13-11(14)9-7-5-6-8-10(9)16-4/h5-8H,1-4H3,(H,13,14)/t17-/m1/s1. The first kappa shape index (κ1) is 13.7. The van der Waals surface area contributed by atoms with E-state index >= 15 is 0 Å². The van der Waals surface area contributed by atoms with Crippen molar-refractivity contribution < 1.29 is 13.7 Å². The molecule has 94 valence electrons. The van der Waals surface area contributed by atoms with E-state index in [2.05, 4.69) is 4.72 Å². The van der Waals surface area contributed by atoms with Gasteiger partial charge in [0, 0.05) is 0 Å². The highest BCUT2D eigenvalue weighted by Gasteiger charge is 2.23. The van der Waals surface area contributed by atoms with E-state index in [-0.39, 0.29) is 0 Å². The topological polar surface area (TPSA) is 55.4 Å². The molecule has 1 N–H and O–H groups in total. The fourth-order valence-corrected chi connectivity index (χ4v) is 1.71. The van der Waals surface area contributed by atoms with Crippen LogP contribution in [-0.2, 0) is 11.0 Å². The van der Waals surface area contributed by atoms with Crippen LogP contribution in [0.25, 0.3) is 0 Å². The average Bonchev–Trinajstić information content (AvgIpc) is 2.27. The maximum atomic E-state index is 11.9. The summed E-state index contributed by atoms with van der Waals surface area (Å²) in [5, 5.41) is 0. The van der Waals surface area contributed by atoms with Gasteiger partial charge < -0.3 is 4.74 Å². The summed E-state index contributed by atoms with van der Waals surface area (Å²) in [6.45, 7) is 5.39. The van der Waals surface area contributed by atoms with Crippen LogP contribution in [0.5, 0.6) is 5.75 Å². The van der Waals surface area contributed by atoms with Gasteiger partial charge in [0.2, 0.25) is 0 Å². The number of para-hydroxylation sites is 1. The largest absolute Gasteiger partial charge is 0.496 e. The second kappa shape index (κ2) is 5.31. The molecule has 0 radical (unpaired) electrons. The molecule has 0 aliphatic carbocycles. The molecular formula is C12H17NO3S. The summed E-state index contributed by atoms with van der Waals surface area (Å²) in [4.78, 5) is 11.9. The molecule has 0 aliphatic heterocycles. The van der Waals surface area contributed by atoms with Gasteiger partial charge >= 0.3 is 0 Å². The lowest BCUT2D eigenvalue weighted by Gasteiger charge is -2.18. The van der Waals surface area contributed by atoms with Crippen molar-refractivity contribution in [3.8, 4) is 5.75 Å². The molecule has 0 aromatic heterocycles. The maximum absolute atomic E-state index is 11.9. The molecule has 0 fully saturated rings. The van der Waals surface area contributed by atoms with Crippen LogP contribution in [0.2, 0.25) is 0 Å². The predicted molar refractivity (Wildman–Crippen MR) is 68.4 cm³/mol. The van der Waals surface area contributed by atoms with E-state index < -0.39 is 21.6 Å². The molecule has 0 unspecified atom stereocenters. The van der Waals surface area contributed by atoms with E-state index in [1.165, 1.54) is 7.11 Å². The monoisotopic (exact) mass is 255 g/mol. The minimum Gasteiger partial charge on any atom is -0.496 e. The van der Waals surface area contributed by atoms with Gasteiger partial charge in [0.15, 0.2) is 0 Å². The fraction of sp³-hybridized carbons (Fsp3) is 0.417. The molecule has 17 heavy (non-hydrogen) atoms. The quantitative estimate of drug-likeness (QED) is 0.897. The Morgan fingerprint density at radius 3 is 2.41 bits per heavy atom. The summed E-state index contributed by atoms with van der Waals surface area (Å²) in [7, 11) is 0.0596. The highest BCUT2D eigenvalue weighted by molar-refractivity contribution is 7.85. The number of amides is 1. The van der Waals surface area contributed by atoms with E-state index in [0.717, 1.165) is 0 Å². The summed E-state index contributed by atoms with van der Waals surface area (Å²) in [5.74, 6) is 0.0756. The first-order valence-electron chi connectivity index (χ1n) is 5.22. The molecular weight excluding hydrogens is 238 g/mol. The van der Waals surface area contributed by atoms with E-state index in [1.807, 2.05) is 0 Å². The highest BCUT2D eigenvalue weighted by Crippen LogP contribution is 2.18. The zero-order valence-electron chi connectivity index (χ0n) is 10.4. The van der Waals surface area contributed by atoms with E-state index in [9.17, 15) is 9.00 Å². The van der Waals surface area contributed by atoms with Crippen LogP contribution >= 0.6 is 0 Å². The summed E-state index contributed by atoms with van der Waals surface area (Å²) >= 11 is 0. The van der Waals surface area contributed by atoms with Crippen LogP contribution in [-0.4, -0.2) is 22.0 Å². The van der Waals surface area contributed by atoms with Gasteiger partial charge in [0.1, 0.15) is 16.7 Å². The second-order valence-corrected chi connectivity index (χ2v) is 6.48. The van der Waals surface area contributed by atoms with Crippen molar-refractivity contribution in [1.29, 1.82) is 0 Å². The van der Waals surface area contributed by atoms with Crippen LogP contribution in [0.15, 0.2) is 24.3 Å². The van der Waals surface area contributed by atoms with Gasteiger partial charge in [0.05, 0.1) is 17.4 Å². The number of methoxy groups -OCH3 is 1. The molecule has 1 aromatic rings. The van der Waals surface area contributed by atoms with Crippen molar-refractivity contribution in [2.45, 2.75) is 25.5 Å². The van der Waals surface area contributed by atoms with Crippen molar-refractivity contribution in [2.75, 3.05) is 7.11 Å². The molecule has 5 heteroatoms. The Kier molecular flexibility index (Phi) is 4.28. The number of nitrogens with one attached hydrogen (secondary N) is 1. The zero-order chi connectivity index (χ0) is 13.1. The number of hydrogen-bond acceptors (Lipinski definition) is 3. The lowest BCUT2D eigenvalue weighted by atomic mass is 10.2. The Balaban J connectivity index is 2.88. The predicted octanol–water partition coefficient (Wildman–Crippen LogP) is 1.89. The Labute approximate surface area is 104 Å². The Morgan fingerprint density at radius 2 is 1.88 bits per heavy atom. The van der Waals surface area contributed by atoms with Gasteiger partial charge in [0.25, 0.3) is 5.91 Å². The van der Waals surface area contributed by atoms with Crippen molar-refractivity contribution >= 4 is 16.9 Å². The Morgan fingerprint density at radius 1 is 1.29 bits per heavy atom. The molecule has 0 saturated carbocycles. The van der Waals surface area contributed by atoms with Crippen LogP contribution in [0.3, 0.4) is 0 Å². The van der Waals surface area contributed by atoms with Gasteiger partial charge in [-0.1, -0.05) is 12.1 Å². The van der Waals surface area contributed by atoms with Gasteiger partial charge in [-0.15, -0.1) is 0 Å². The SMILES string of the molecule is COc1ccccc1C(=O)N[S@](=O)C(C)(C)C. The average molecular weight is 255 g/mol. The third kappa shape index (κ3) is 3.56. The van der Waals surface area contributed by atoms with Crippen molar-refractivity contribution in [2.24, 2.45) is 0 Å². The van der Waals surface area contributed by atoms with Gasteiger partial charge in [-0.25, -0.2) is 4.21 Å². The first-order chi connectivity index (χ1) is 7.86. The van der Waals surface area contributed by atoms with E-state index in [0.29, 0.717) is 11.3 Å². The second-order valence-electron chi connectivity index (χ2n) is 4.51. The number of ether oxygens (including phenoxy) is 1. The number of hydrogen-bond donors (Lipinski definition) is 1. The summed E-state index contributed by atoms with van der Waals surface area (Å²) < 4.78 is 18.8. The smallest absolute Gasteiger partial charge is 0.266 e. The normalized spacial score (nSPS) is 12.9. The third-order valence-corrected chi connectivity index (χ3v) is 3.58. The number of carbonyl (C=O) groups excluding carboxylic acids is 1. The van der Waals surface area contributed by atoms with Gasteiger partial charge in [-0.2, -0.15) is 0 Å². The molecule has 0 aliphatic rings. The minimum atomic E-state index is -1.43. The molecule has 1 aromatic carbocycles. The summed E-state index contributed by atoms with van der Waals surface area (Å²) in [6, 6.07) is 6.83. The molecule has 1 atom stereocenters. The zero-order valence-corrected chi connectivity index (χ0v) is 11.3. The molecule has 1 rings (SSSR count). The molecule has 1 amide bonds. The van der Waals surface area contributed by atoms with E-state index in [4.69, 9.17) is 4.74 Å². The molecule has 0 heterocycles. The molecule has 0 bridgehead atoms. The van der Waals surface area contributed by atoms with Gasteiger partial charge in [-0.05, 0) is 32.9 Å². The highest BCUT2D eigenvalue weighted by atomic mass is 32.2. The summed E-state index contributed by atoms with van der Waals surface area (Å²) in [5.41, 5.74) is 0.382. The minimum absolute atomic E-state index is 0.382. The summed E-state index contributed by atoms with van der Waals surface area (Å²) in [6.07, 6.45) is 0. The molecule has 0 spiro atoms. The number of rotatable bonds is 3. The third-order valence-electron chi connectivity index (χ3n) is 2.09. The van der Waals surface area contributed by atoms with Gasteiger partial charge in [-0.3, -0.25) is 9.52 Å². The van der Waals surface area contributed by atoms with Crippen LogP contribution in [0, 0.1) is 0 Å².